The molecule has 3 N–H and O–H groups in total. The van der Waals surface area contributed by atoms with Crippen molar-refractivity contribution in [2.24, 2.45) is 5.41 Å². The van der Waals surface area contributed by atoms with Crippen LogP contribution in [-0.4, -0.2) is 69.4 Å². The number of carboxylic acids is 1. The molecule has 0 aromatic carbocycles. The van der Waals surface area contributed by atoms with E-state index < -0.39 is 37.7 Å². The second kappa shape index (κ2) is 13.4. The number of carbonyl (C=O) groups is 3. The van der Waals surface area contributed by atoms with Gasteiger partial charge in [-0.15, -0.1) is 0 Å². The third-order valence-electron chi connectivity index (χ3n) is 5.47. The number of ether oxygens (including phenoxy) is 1. The summed E-state index contributed by atoms with van der Waals surface area (Å²) in [5.74, 6) is -1.46. The van der Waals surface area contributed by atoms with Gasteiger partial charge in [-0.3, -0.25) is 14.4 Å². The molecule has 0 aromatic heterocycles. The Morgan fingerprint density at radius 2 is 1.65 bits per heavy atom. The highest BCUT2D eigenvalue weighted by atomic mass is 32.1. The predicted molar refractivity (Wildman–Crippen MR) is 128 cm³/mol. The molecule has 0 fully saturated rings. The van der Waals surface area contributed by atoms with Crippen LogP contribution in [0, 0.1) is 5.41 Å². The second-order valence-corrected chi connectivity index (χ2v) is 15.2. The lowest BCUT2D eigenvalue weighted by Gasteiger charge is -2.40. The normalized spacial score (nSPS) is 13.5. The molecule has 0 bridgehead atoms. The lowest BCUT2D eigenvalue weighted by atomic mass is 9.86. The lowest BCUT2D eigenvalue weighted by molar-refractivity contribution is -0.165. The van der Waals surface area contributed by atoms with Gasteiger partial charge in [-0.05, 0) is 31.1 Å². The molecule has 0 saturated heterocycles. The molecule has 10 heteroatoms. The Hall–Kier alpha value is -1.10. The number of carbonyl (C=O) groups excluding carboxylic acids is 2. The highest BCUT2D eigenvalue weighted by Gasteiger charge is 2.43. The summed E-state index contributed by atoms with van der Waals surface area (Å²) in [5, 5.41) is 14.8. The minimum atomic E-state index is -2.07. The fourth-order valence-corrected chi connectivity index (χ4v) is 3.67. The maximum atomic E-state index is 12.9. The number of rotatable bonds is 15. The van der Waals surface area contributed by atoms with E-state index in [9.17, 15) is 14.4 Å². The average molecular weight is 479 g/mol. The Morgan fingerprint density at radius 1 is 1.03 bits per heavy atom. The summed E-state index contributed by atoms with van der Waals surface area (Å²) in [4.78, 5) is 35.9. The first-order chi connectivity index (χ1) is 14.1. The van der Waals surface area contributed by atoms with Gasteiger partial charge in [-0.2, -0.15) is 12.6 Å². The van der Waals surface area contributed by atoms with Crippen LogP contribution < -0.4 is 10.6 Å². The second-order valence-electron chi connectivity index (χ2n) is 9.92. The van der Waals surface area contributed by atoms with E-state index in [0.29, 0.717) is 6.54 Å². The lowest BCUT2D eigenvalue weighted by Crippen LogP contribution is -2.51. The van der Waals surface area contributed by atoms with Crippen LogP contribution in [0.1, 0.15) is 53.9 Å². The smallest absolute Gasteiger partial charge is 0.307 e. The van der Waals surface area contributed by atoms with Gasteiger partial charge in [0.25, 0.3) is 5.91 Å². The van der Waals surface area contributed by atoms with Gasteiger partial charge in [0, 0.05) is 30.9 Å². The van der Waals surface area contributed by atoms with Crippen molar-refractivity contribution in [2.45, 2.75) is 78.1 Å². The number of carboxylic acid groups (broad SMARTS) is 1. The van der Waals surface area contributed by atoms with Crippen LogP contribution in [0.4, 0.5) is 0 Å². The number of hydrogen-bond donors (Lipinski definition) is 4. The molecule has 0 saturated carbocycles. The van der Waals surface area contributed by atoms with Crippen molar-refractivity contribution in [1.29, 1.82) is 0 Å². The van der Waals surface area contributed by atoms with Gasteiger partial charge >= 0.3 is 11.9 Å². The van der Waals surface area contributed by atoms with Gasteiger partial charge in [0.1, 0.15) is 0 Å². The minimum absolute atomic E-state index is 0.000979. The van der Waals surface area contributed by atoms with Gasteiger partial charge in [-0.25, -0.2) is 0 Å². The maximum absolute atomic E-state index is 12.9. The van der Waals surface area contributed by atoms with Crippen LogP contribution in [0.5, 0.6) is 0 Å². The average Bonchev–Trinajstić information content (AvgIpc) is 2.64. The number of esters is 1. The van der Waals surface area contributed by atoms with Gasteiger partial charge in [0.05, 0.1) is 12.8 Å². The number of thiol groups is 1. The number of hydrogen-bond acceptors (Lipinski definition) is 7. The first kappa shape index (κ1) is 29.9. The summed E-state index contributed by atoms with van der Waals surface area (Å²) in [6.45, 7) is 16.5. The molecule has 0 heterocycles. The topological polar surface area (TPSA) is 114 Å². The van der Waals surface area contributed by atoms with Crippen LogP contribution in [0.25, 0.3) is 0 Å². The molecule has 1 amide bonds. The molecule has 1 atom stereocenters. The van der Waals surface area contributed by atoms with Crippen molar-refractivity contribution in [3.63, 3.8) is 0 Å². The van der Waals surface area contributed by atoms with Crippen molar-refractivity contribution in [3.05, 3.63) is 0 Å². The number of aliphatic carboxylic acids is 1. The van der Waals surface area contributed by atoms with E-state index in [0.717, 1.165) is 25.3 Å². The van der Waals surface area contributed by atoms with E-state index in [2.05, 4.69) is 57.1 Å². The van der Waals surface area contributed by atoms with E-state index >= 15 is 0 Å². The van der Waals surface area contributed by atoms with Gasteiger partial charge in [0.15, 0.2) is 14.4 Å². The first-order valence-electron chi connectivity index (χ1n) is 10.8. The highest BCUT2D eigenvalue weighted by molar-refractivity contribution is 7.80. The molecule has 182 valence electrons. The fourth-order valence-electron chi connectivity index (χ4n) is 2.35. The Bertz CT molecular complexity index is 593. The molecule has 0 rings (SSSR count). The Kier molecular flexibility index (Phi) is 13.0. The maximum Gasteiger partial charge on any atom is 0.307 e. The van der Waals surface area contributed by atoms with Gasteiger partial charge in [-0.1, -0.05) is 34.6 Å². The van der Waals surface area contributed by atoms with E-state index in [1.165, 1.54) is 0 Å². The quantitative estimate of drug-likeness (QED) is 0.124. The van der Waals surface area contributed by atoms with E-state index in [1.54, 1.807) is 0 Å². The zero-order valence-electron chi connectivity index (χ0n) is 20.2. The van der Waals surface area contributed by atoms with Gasteiger partial charge < -0.3 is 24.9 Å². The van der Waals surface area contributed by atoms with Crippen molar-refractivity contribution in [1.82, 2.24) is 10.6 Å². The monoisotopic (exact) mass is 478 g/mol. The summed E-state index contributed by atoms with van der Waals surface area (Å²) in [6.07, 6.45) is -0.986. The largest absolute Gasteiger partial charge is 0.481 e. The first-order valence-corrected chi connectivity index (χ1v) is 14.3. The standard InChI is InChI=1S/C21H42N2O6SSi/c1-20(2,3)31(6,7)28-15-21(4,5)18(29-17(26)10-9-16(24)25)19(27)23-12-8-11-22-13-14-30/h18,22,30H,8-15H2,1-7H3,(H,23,27)(H,24,25)/t18-/m0/s1. The molecular formula is C21H42N2O6SSi. The SMILES string of the molecule is CC(C)(CO[Si](C)(C)C(C)(C)C)[C@@H](OC(=O)CCC(=O)O)C(=O)NCCCNCCS. The molecule has 0 aliphatic heterocycles. The zero-order valence-corrected chi connectivity index (χ0v) is 22.1. The third kappa shape index (κ3) is 11.9. The fraction of sp³-hybridized carbons (Fsp3) is 0.857. The molecule has 31 heavy (non-hydrogen) atoms. The Balaban J connectivity index is 5.18. The summed E-state index contributed by atoms with van der Waals surface area (Å²) < 4.78 is 11.8. The van der Waals surface area contributed by atoms with Crippen molar-refractivity contribution in [3.8, 4) is 0 Å². The van der Waals surface area contributed by atoms with Crippen molar-refractivity contribution in [2.75, 3.05) is 32.0 Å². The predicted octanol–water partition coefficient (Wildman–Crippen LogP) is 2.84. The molecule has 0 aliphatic rings. The summed E-state index contributed by atoms with van der Waals surface area (Å²) in [5.41, 5.74) is -0.789. The summed E-state index contributed by atoms with van der Waals surface area (Å²) >= 11 is 4.13. The molecule has 0 radical (unpaired) electrons. The Labute approximate surface area is 193 Å². The molecule has 0 aromatic rings. The van der Waals surface area contributed by atoms with E-state index in [1.807, 2.05) is 13.8 Å². The molecule has 0 spiro atoms. The van der Waals surface area contributed by atoms with Crippen LogP contribution in [0.3, 0.4) is 0 Å². The summed E-state index contributed by atoms with van der Waals surface area (Å²) in [7, 11) is -2.07. The van der Waals surface area contributed by atoms with Crippen molar-refractivity contribution < 1.29 is 28.7 Å². The number of amides is 1. The van der Waals surface area contributed by atoms with Crippen LogP contribution in [0.2, 0.25) is 18.1 Å². The molecular weight excluding hydrogens is 436 g/mol. The van der Waals surface area contributed by atoms with Gasteiger partial charge in [0.2, 0.25) is 0 Å². The van der Waals surface area contributed by atoms with E-state index in [4.69, 9.17) is 14.3 Å². The summed E-state index contributed by atoms with van der Waals surface area (Å²) in [6, 6.07) is 0. The molecule has 8 nitrogen and oxygen atoms in total. The number of nitrogens with one attached hydrogen (secondary N) is 2. The Morgan fingerprint density at radius 3 is 2.16 bits per heavy atom. The minimum Gasteiger partial charge on any atom is -0.481 e. The van der Waals surface area contributed by atoms with E-state index in [-0.39, 0.29) is 24.5 Å². The highest BCUT2D eigenvalue weighted by Crippen LogP contribution is 2.38. The third-order valence-corrected chi connectivity index (χ3v) is 10.2. The van der Waals surface area contributed by atoms with Crippen molar-refractivity contribution >= 4 is 38.8 Å². The molecule has 0 unspecified atom stereocenters. The zero-order chi connectivity index (χ0) is 24.3. The van der Waals surface area contributed by atoms with Crippen LogP contribution in [-0.2, 0) is 23.5 Å². The molecule has 0 aliphatic carbocycles. The van der Waals surface area contributed by atoms with Crippen LogP contribution in [0.15, 0.2) is 0 Å². The van der Waals surface area contributed by atoms with Crippen LogP contribution >= 0.6 is 12.6 Å².